The maximum atomic E-state index is 13.3. The Morgan fingerprint density at radius 2 is 2.00 bits per heavy atom. The standard InChI is InChI=1S/C21H32N2O2/c1-17-6-5-7-18(16-17)21(10-3-4-11-21)20(24)22-19-8-12-23(13-9-19)14-15-25-2/h5-7,16,19H,3-4,8-15H2,1-2H3,(H,22,24). The maximum Gasteiger partial charge on any atom is 0.230 e. The molecule has 1 N–H and O–H groups in total. The zero-order chi connectivity index (χ0) is 17.7. The zero-order valence-corrected chi connectivity index (χ0v) is 15.7. The van der Waals surface area contributed by atoms with E-state index in [4.69, 9.17) is 4.74 Å². The SMILES string of the molecule is COCCN1CCC(NC(=O)C2(c3cccc(C)c3)CCCC2)CC1. The van der Waals surface area contributed by atoms with Crippen LogP contribution < -0.4 is 5.32 Å². The van der Waals surface area contributed by atoms with E-state index in [0.29, 0.717) is 6.04 Å². The Labute approximate surface area is 151 Å². The molecule has 3 rings (SSSR count). The third-order valence-electron chi connectivity index (χ3n) is 6.00. The first-order valence-corrected chi connectivity index (χ1v) is 9.73. The average Bonchev–Trinajstić information content (AvgIpc) is 3.12. The van der Waals surface area contributed by atoms with Crippen molar-refractivity contribution in [1.29, 1.82) is 0 Å². The van der Waals surface area contributed by atoms with Gasteiger partial charge in [-0.05, 0) is 38.2 Å². The predicted octanol–water partition coefficient (Wildman–Crippen LogP) is 3.03. The second-order valence-corrected chi connectivity index (χ2v) is 7.74. The van der Waals surface area contributed by atoms with Crippen LogP contribution in [0.25, 0.3) is 0 Å². The summed E-state index contributed by atoms with van der Waals surface area (Å²) in [6.07, 6.45) is 6.34. The first kappa shape index (κ1) is 18.4. The number of amides is 1. The summed E-state index contributed by atoms with van der Waals surface area (Å²) in [4.78, 5) is 15.7. The van der Waals surface area contributed by atoms with E-state index in [-0.39, 0.29) is 11.3 Å². The Kier molecular flexibility index (Phi) is 6.13. The van der Waals surface area contributed by atoms with Crippen molar-refractivity contribution in [1.82, 2.24) is 10.2 Å². The van der Waals surface area contributed by atoms with Crippen LogP contribution >= 0.6 is 0 Å². The monoisotopic (exact) mass is 344 g/mol. The zero-order valence-electron chi connectivity index (χ0n) is 15.7. The van der Waals surface area contributed by atoms with Gasteiger partial charge in [-0.15, -0.1) is 0 Å². The Morgan fingerprint density at radius 3 is 2.64 bits per heavy atom. The van der Waals surface area contributed by atoms with E-state index in [0.717, 1.165) is 64.8 Å². The summed E-state index contributed by atoms with van der Waals surface area (Å²) in [7, 11) is 1.75. The van der Waals surface area contributed by atoms with Crippen LogP contribution in [0.15, 0.2) is 24.3 Å². The molecule has 0 radical (unpaired) electrons. The minimum atomic E-state index is -0.306. The second kappa shape index (κ2) is 8.33. The number of nitrogens with zero attached hydrogens (tertiary/aromatic N) is 1. The van der Waals surface area contributed by atoms with Crippen molar-refractivity contribution in [3.8, 4) is 0 Å². The summed E-state index contributed by atoms with van der Waals surface area (Å²) in [5.41, 5.74) is 2.14. The van der Waals surface area contributed by atoms with Crippen LogP contribution in [0.3, 0.4) is 0 Å². The fraction of sp³-hybridized carbons (Fsp3) is 0.667. The molecule has 0 aromatic heterocycles. The lowest BCUT2D eigenvalue weighted by Crippen LogP contribution is -2.51. The largest absolute Gasteiger partial charge is 0.383 e. The Hall–Kier alpha value is -1.39. The van der Waals surface area contributed by atoms with Gasteiger partial charge in [-0.25, -0.2) is 0 Å². The van der Waals surface area contributed by atoms with Crippen LogP contribution in [0.5, 0.6) is 0 Å². The van der Waals surface area contributed by atoms with Gasteiger partial charge in [0, 0.05) is 32.8 Å². The van der Waals surface area contributed by atoms with Gasteiger partial charge in [-0.2, -0.15) is 0 Å². The summed E-state index contributed by atoms with van der Waals surface area (Å²) in [5, 5.41) is 3.40. The maximum absolute atomic E-state index is 13.3. The van der Waals surface area contributed by atoms with Crippen molar-refractivity contribution >= 4 is 5.91 Å². The predicted molar refractivity (Wildman–Crippen MR) is 101 cm³/mol. The van der Waals surface area contributed by atoms with Crippen molar-refractivity contribution in [2.45, 2.75) is 56.9 Å². The number of methoxy groups -OCH3 is 1. The smallest absolute Gasteiger partial charge is 0.230 e. The van der Waals surface area contributed by atoms with Gasteiger partial charge in [0.15, 0.2) is 0 Å². The molecule has 2 fully saturated rings. The molecule has 0 spiro atoms. The van der Waals surface area contributed by atoms with Crippen LogP contribution in [0.4, 0.5) is 0 Å². The molecule has 4 heteroatoms. The number of carbonyl (C=O) groups excluding carboxylic acids is 1. The topological polar surface area (TPSA) is 41.6 Å². The normalized spacial score (nSPS) is 21.4. The van der Waals surface area contributed by atoms with Crippen LogP contribution in [0.1, 0.15) is 49.7 Å². The molecule has 2 aliphatic rings. The van der Waals surface area contributed by atoms with Crippen LogP contribution in [0, 0.1) is 6.92 Å². The summed E-state index contributed by atoms with van der Waals surface area (Å²) in [6, 6.07) is 8.86. The number of rotatable bonds is 6. The molecule has 25 heavy (non-hydrogen) atoms. The molecule has 4 nitrogen and oxygen atoms in total. The third-order valence-corrected chi connectivity index (χ3v) is 6.00. The lowest BCUT2D eigenvalue weighted by Gasteiger charge is -2.35. The second-order valence-electron chi connectivity index (χ2n) is 7.74. The van der Waals surface area contributed by atoms with Crippen molar-refractivity contribution in [2.75, 3.05) is 33.4 Å². The average molecular weight is 344 g/mol. The highest BCUT2D eigenvalue weighted by atomic mass is 16.5. The van der Waals surface area contributed by atoms with E-state index >= 15 is 0 Å². The summed E-state index contributed by atoms with van der Waals surface area (Å²) in [6.45, 7) is 5.98. The van der Waals surface area contributed by atoms with Gasteiger partial charge in [-0.1, -0.05) is 42.7 Å². The molecule has 1 aromatic rings. The molecule has 0 atom stereocenters. The van der Waals surface area contributed by atoms with E-state index in [1.54, 1.807) is 7.11 Å². The van der Waals surface area contributed by atoms with Gasteiger partial charge < -0.3 is 15.0 Å². The first-order valence-electron chi connectivity index (χ1n) is 9.73. The van der Waals surface area contributed by atoms with Crippen LogP contribution in [-0.2, 0) is 14.9 Å². The van der Waals surface area contributed by atoms with Gasteiger partial charge in [0.1, 0.15) is 0 Å². The molecule has 138 valence electrons. The van der Waals surface area contributed by atoms with Crippen molar-refractivity contribution in [2.24, 2.45) is 0 Å². The highest BCUT2D eigenvalue weighted by molar-refractivity contribution is 5.88. The fourth-order valence-electron chi connectivity index (χ4n) is 4.41. The quantitative estimate of drug-likeness (QED) is 0.862. The number of carbonyl (C=O) groups is 1. The molecule has 1 aromatic carbocycles. The van der Waals surface area contributed by atoms with Crippen molar-refractivity contribution in [3.63, 3.8) is 0 Å². The summed E-state index contributed by atoms with van der Waals surface area (Å²) < 4.78 is 5.16. The number of hydrogen-bond acceptors (Lipinski definition) is 3. The molecule has 1 heterocycles. The molecule has 1 amide bonds. The van der Waals surface area contributed by atoms with Crippen LogP contribution in [0.2, 0.25) is 0 Å². The van der Waals surface area contributed by atoms with Crippen molar-refractivity contribution in [3.05, 3.63) is 35.4 Å². The number of benzene rings is 1. The number of likely N-dealkylation sites (tertiary alicyclic amines) is 1. The fourth-order valence-corrected chi connectivity index (χ4v) is 4.41. The molecule has 1 saturated heterocycles. The van der Waals surface area contributed by atoms with Gasteiger partial charge in [0.05, 0.1) is 12.0 Å². The lowest BCUT2D eigenvalue weighted by molar-refractivity contribution is -0.127. The summed E-state index contributed by atoms with van der Waals surface area (Å²) >= 11 is 0. The number of hydrogen-bond donors (Lipinski definition) is 1. The van der Waals surface area contributed by atoms with E-state index < -0.39 is 0 Å². The van der Waals surface area contributed by atoms with E-state index in [1.807, 2.05) is 0 Å². The highest BCUT2D eigenvalue weighted by Crippen LogP contribution is 2.41. The molecule has 1 aliphatic heterocycles. The highest BCUT2D eigenvalue weighted by Gasteiger charge is 2.43. The Morgan fingerprint density at radius 1 is 1.28 bits per heavy atom. The minimum Gasteiger partial charge on any atom is -0.383 e. The number of piperidine rings is 1. The number of aryl methyl sites for hydroxylation is 1. The van der Waals surface area contributed by atoms with E-state index in [1.165, 1.54) is 11.1 Å². The first-order chi connectivity index (χ1) is 12.1. The number of ether oxygens (including phenoxy) is 1. The molecular weight excluding hydrogens is 312 g/mol. The van der Waals surface area contributed by atoms with Crippen molar-refractivity contribution < 1.29 is 9.53 Å². The summed E-state index contributed by atoms with van der Waals surface area (Å²) in [5.74, 6) is 0.256. The van der Waals surface area contributed by atoms with Gasteiger partial charge in [0.25, 0.3) is 0 Å². The Bertz CT molecular complexity index is 573. The number of nitrogens with one attached hydrogen (secondary N) is 1. The van der Waals surface area contributed by atoms with E-state index in [2.05, 4.69) is 41.4 Å². The molecular formula is C21H32N2O2. The van der Waals surface area contributed by atoms with Gasteiger partial charge >= 0.3 is 0 Å². The third kappa shape index (κ3) is 4.24. The lowest BCUT2D eigenvalue weighted by atomic mass is 9.77. The molecule has 0 unspecified atom stereocenters. The van der Waals surface area contributed by atoms with Gasteiger partial charge in [-0.3, -0.25) is 4.79 Å². The van der Waals surface area contributed by atoms with E-state index in [9.17, 15) is 4.79 Å². The van der Waals surface area contributed by atoms with Gasteiger partial charge in [0.2, 0.25) is 5.91 Å². The minimum absolute atomic E-state index is 0.256. The van der Waals surface area contributed by atoms with Crippen LogP contribution in [-0.4, -0.2) is 50.2 Å². The Balaban J connectivity index is 1.63. The molecule has 1 aliphatic carbocycles. The molecule has 1 saturated carbocycles. The molecule has 0 bridgehead atoms.